The molecule has 0 fully saturated rings. The highest BCUT2D eigenvalue weighted by Crippen LogP contribution is 2.30. The molecule has 2 heterocycles. The summed E-state index contributed by atoms with van der Waals surface area (Å²) in [5, 5.41) is 7.93. The van der Waals surface area contributed by atoms with Crippen LogP contribution in [0.5, 0.6) is 0 Å². The van der Waals surface area contributed by atoms with E-state index < -0.39 is 0 Å². The van der Waals surface area contributed by atoms with Crippen LogP contribution in [0.15, 0.2) is 10.5 Å². The molecular formula is C14H18BrN3S. The summed E-state index contributed by atoms with van der Waals surface area (Å²) >= 11 is 5.58. The Bertz CT molecular complexity index is 579. The quantitative estimate of drug-likeness (QED) is 0.925. The lowest BCUT2D eigenvalue weighted by atomic mass is 10.2. The van der Waals surface area contributed by atoms with Gasteiger partial charge in [0, 0.05) is 29.9 Å². The minimum absolute atomic E-state index is 0.848. The number of aromatic nitrogens is 2. The van der Waals surface area contributed by atoms with Gasteiger partial charge in [0.1, 0.15) is 0 Å². The van der Waals surface area contributed by atoms with Gasteiger partial charge in [-0.05, 0) is 53.7 Å². The van der Waals surface area contributed by atoms with Gasteiger partial charge in [-0.3, -0.25) is 4.68 Å². The van der Waals surface area contributed by atoms with Crippen molar-refractivity contribution in [2.45, 2.75) is 39.3 Å². The first-order valence-electron chi connectivity index (χ1n) is 6.64. The molecule has 1 N–H and O–H groups in total. The van der Waals surface area contributed by atoms with Crippen molar-refractivity contribution in [3.8, 4) is 0 Å². The normalized spacial score (nSPS) is 14.1. The van der Waals surface area contributed by atoms with Gasteiger partial charge in [-0.2, -0.15) is 5.10 Å². The van der Waals surface area contributed by atoms with Crippen molar-refractivity contribution >= 4 is 27.3 Å². The summed E-state index contributed by atoms with van der Waals surface area (Å²) in [6.45, 7) is 3.83. The summed E-state index contributed by atoms with van der Waals surface area (Å²) in [4.78, 5) is 3.06. The van der Waals surface area contributed by atoms with E-state index in [0.29, 0.717) is 0 Å². The maximum atomic E-state index is 4.41. The maximum absolute atomic E-state index is 4.41. The van der Waals surface area contributed by atoms with Gasteiger partial charge in [-0.25, -0.2) is 0 Å². The Balaban J connectivity index is 1.60. The minimum Gasteiger partial charge on any atom is -0.306 e. The van der Waals surface area contributed by atoms with Crippen LogP contribution in [0.2, 0.25) is 0 Å². The zero-order valence-electron chi connectivity index (χ0n) is 11.3. The first kappa shape index (κ1) is 13.3. The molecule has 1 aliphatic carbocycles. The molecule has 0 bridgehead atoms. The SMILES string of the molecule is Cc1nn(C)c(CNCc2cc3c(s2)CCC3)c1Br. The topological polar surface area (TPSA) is 29.9 Å². The van der Waals surface area contributed by atoms with Crippen LogP contribution in [0, 0.1) is 6.92 Å². The second-order valence-corrected chi connectivity index (χ2v) is 7.10. The largest absolute Gasteiger partial charge is 0.306 e. The van der Waals surface area contributed by atoms with E-state index in [2.05, 4.69) is 32.4 Å². The van der Waals surface area contributed by atoms with Gasteiger partial charge in [0.2, 0.25) is 0 Å². The van der Waals surface area contributed by atoms with Crippen LogP contribution in [0.25, 0.3) is 0 Å². The van der Waals surface area contributed by atoms with Gasteiger partial charge in [0.25, 0.3) is 0 Å². The summed E-state index contributed by atoms with van der Waals surface area (Å²) in [7, 11) is 1.99. The van der Waals surface area contributed by atoms with E-state index in [0.717, 1.165) is 23.3 Å². The molecule has 19 heavy (non-hydrogen) atoms. The van der Waals surface area contributed by atoms with Crippen molar-refractivity contribution in [1.29, 1.82) is 0 Å². The molecule has 0 unspecified atom stereocenters. The predicted molar refractivity (Wildman–Crippen MR) is 82.5 cm³/mol. The number of rotatable bonds is 4. The van der Waals surface area contributed by atoms with Crippen LogP contribution >= 0.6 is 27.3 Å². The van der Waals surface area contributed by atoms with Crippen LogP contribution in [-0.4, -0.2) is 9.78 Å². The highest BCUT2D eigenvalue weighted by molar-refractivity contribution is 9.10. The Hall–Kier alpha value is -0.650. The Morgan fingerprint density at radius 3 is 2.95 bits per heavy atom. The van der Waals surface area contributed by atoms with E-state index in [9.17, 15) is 0 Å². The van der Waals surface area contributed by atoms with Crippen LogP contribution in [0.3, 0.4) is 0 Å². The molecule has 0 spiro atoms. The van der Waals surface area contributed by atoms with Crippen molar-refractivity contribution in [1.82, 2.24) is 15.1 Å². The zero-order valence-corrected chi connectivity index (χ0v) is 13.7. The van der Waals surface area contributed by atoms with Gasteiger partial charge in [0.15, 0.2) is 0 Å². The highest BCUT2D eigenvalue weighted by atomic mass is 79.9. The van der Waals surface area contributed by atoms with E-state index >= 15 is 0 Å². The number of nitrogens with zero attached hydrogens (tertiary/aromatic N) is 2. The van der Waals surface area contributed by atoms with Crippen molar-refractivity contribution < 1.29 is 0 Å². The van der Waals surface area contributed by atoms with E-state index in [4.69, 9.17) is 0 Å². The summed E-state index contributed by atoms with van der Waals surface area (Å²) in [5.41, 5.74) is 3.84. The molecule has 0 radical (unpaired) electrons. The molecule has 2 aromatic heterocycles. The molecule has 3 nitrogen and oxygen atoms in total. The molecule has 1 aliphatic rings. The second kappa shape index (κ2) is 5.38. The van der Waals surface area contributed by atoms with Crippen LogP contribution < -0.4 is 5.32 Å². The van der Waals surface area contributed by atoms with Gasteiger partial charge in [0.05, 0.1) is 15.9 Å². The van der Waals surface area contributed by atoms with Gasteiger partial charge in [-0.1, -0.05) is 0 Å². The number of fused-ring (bicyclic) bond motifs is 1. The Labute approximate surface area is 126 Å². The monoisotopic (exact) mass is 339 g/mol. The molecule has 2 aromatic rings. The number of thiophene rings is 1. The summed E-state index contributed by atoms with van der Waals surface area (Å²) in [6.07, 6.45) is 3.90. The van der Waals surface area contributed by atoms with Crippen LogP contribution in [0.4, 0.5) is 0 Å². The van der Waals surface area contributed by atoms with E-state index in [-0.39, 0.29) is 0 Å². The number of nitrogens with one attached hydrogen (secondary N) is 1. The third-order valence-corrected chi connectivity index (χ3v) is 5.92. The third kappa shape index (κ3) is 2.64. The van der Waals surface area contributed by atoms with Crippen molar-refractivity contribution in [2.75, 3.05) is 0 Å². The van der Waals surface area contributed by atoms with Crippen molar-refractivity contribution in [2.24, 2.45) is 7.05 Å². The number of hydrogen-bond donors (Lipinski definition) is 1. The zero-order chi connectivity index (χ0) is 13.4. The number of halogens is 1. The third-order valence-electron chi connectivity index (χ3n) is 3.65. The molecular weight excluding hydrogens is 322 g/mol. The highest BCUT2D eigenvalue weighted by Gasteiger charge is 2.15. The predicted octanol–water partition coefficient (Wildman–Crippen LogP) is 3.33. The average molecular weight is 340 g/mol. The Kier molecular flexibility index (Phi) is 3.78. The lowest BCUT2D eigenvalue weighted by Gasteiger charge is -2.04. The molecule has 0 saturated carbocycles. The fourth-order valence-electron chi connectivity index (χ4n) is 2.65. The summed E-state index contributed by atoms with van der Waals surface area (Å²) in [6, 6.07) is 2.38. The number of hydrogen-bond acceptors (Lipinski definition) is 3. The molecule has 0 aliphatic heterocycles. The maximum Gasteiger partial charge on any atom is 0.0739 e. The molecule has 0 atom stereocenters. The standard InChI is InChI=1S/C14H18BrN3S/c1-9-14(15)12(18(2)17-9)8-16-7-11-6-10-4-3-5-13(10)19-11/h6,16H,3-5,7-8H2,1-2H3. The van der Waals surface area contributed by atoms with Crippen molar-refractivity contribution in [3.05, 3.63) is 37.2 Å². The Morgan fingerprint density at radius 1 is 1.42 bits per heavy atom. The fraction of sp³-hybridized carbons (Fsp3) is 0.500. The van der Waals surface area contributed by atoms with Crippen LogP contribution in [-0.2, 0) is 33.0 Å². The minimum atomic E-state index is 0.848. The lowest BCUT2D eigenvalue weighted by Crippen LogP contribution is -2.15. The fourth-order valence-corrected chi connectivity index (χ4v) is 4.36. The second-order valence-electron chi connectivity index (χ2n) is 5.09. The average Bonchev–Trinajstić information content (AvgIpc) is 2.99. The molecule has 5 heteroatoms. The van der Waals surface area contributed by atoms with E-state index in [1.54, 1.807) is 10.4 Å². The van der Waals surface area contributed by atoms with Gasteiger partial charge in [-0.15, -0.1) is 11.3 Å². The van der Waals surface area contributed by atoms with Crippen LogP contribution in [0.1, 0.15) is 33.1 Å². The smallest absolute Gasteiger partial charge is 0.0739 e. The van der Waals surface area contributed by atoms with E-state index in [1.807, 2.05) is 30.0 Å². The molecule has 0 amide bonds. The van der Waals surface area contributed by atoms with Crippen molar-refractivity contribution in [3.63, 3.8) is 0 Å². The molecule has 0 saturated heterocycles. The summed E-state index contributed by atoms with van der Waals surface area (Å²) < 4.78 is 3.07. The van der Waals surface area contributed by atoms with Gasteiger partial charge >= 0.3 is 0 Å². The molecule has 3 rings (SSSR count). The van der Waals surface area contributed by atoms with Gasteiger partial charge < -0.3 is 5.32 Å². The first-order valence-corrected chi connectivity index (χ1v) is 8.25. The van der Waals surface area contributed by atoms with E-state index in [1.165, 1.54) is 29.8 Å². The first-order chi connectivity index (χ1) is 9.15. The molecule has 102 valence electrons. The Morgan fingerprint density at radius 2 is 2.26 bits per heavy atom. The molecule has 0 aromatic carbocycles. The number of aryl methyl sites for hydroxylation is 4. The lowest BCUT2D eigenvalue weighted by molar-refractivity contribution is 0.626. The summed E-state index contributed by atoms with van der Waals surface area (Å²) in [5.74, 6) is 0.